The van der Waals surface area contributed by atoms with Crippen LogP contribution in [-0.2, 0) is 24.5 Å². The summed E-state index contributed by atoms with van der Waals surface area (Å²) in [7, 11) is -6.74. The molecule has 11 nitrogen and oxygen atoms in total. The lowest BCUT2D eigenvalue weighted by Crippen LogP contribution is -2.20. The Morgan fingerprint density at radius 2 is 0.976 bits per heavy atom. The second kappa shape index (κ2) is 12.3. The summed E-state index contributed by atoms with van der Waals surface area (Å²) in [6.45, 7) is 3.33. The fourth-order valence-corrected chi connectivity index (χ4v) is 6.07. The van der Waals surface area contributed by atoms with Crippen LogP contribution in [0.2, 0.25) is 10.3 Å². The van der Waals surface area contributed by atoms with E-state index in [1.54, 1.807) is 38.1 Å². The van der Waals surface area contributed by atoms with Crippen LogP contribution in [0.25, 0.3) is 0 Å². The Labute approximate surface area is 253 Å². The minimum Gasteiger partial charge on any atom is -0.340 e. The molecule has 0 saturated carbocycles. The number of carbonyl (C=O) groups excluding carboxylic acids is 1. The molecule has 0 aliphatic rings. The third-order valence-corrected chi connectivity index (χ3v) is 9.34. The maximum atomic E-state index is 13.9. The van der Waals surface area contributed by atoms with Crippen molar-refractivity contribution in [1.29, 1.82) is 0 Å². The highest BCUT2D eigenvalue weighted by molar-refractivity contribution is 7.91. The number of hydrogen-bond acceptors (Lipinski definition) is 11. The van der Waals surface area contributed by atoms with Crippen LogP contribution >= 0.6 is 23.2 Å². The minimum atomic E-state index is -3.37. The topological polar surface area (TPSA) is 161 Å². The highest BCUT2D eigenvalue weighted by atomic mass is 35.5. The van der Waals surface area contributed by atoms with Gasteiger partial charge in [0.2, 0.25) is 0 Å². The first-order valence-corrected chi connectivity index (χ1v) is 16.9. The molecule has 2 aromatic heterocycles. The zero-order chi connectivity index (χ0) is 30.8. The quantitative estimate of drug-likeness (QED) is 0.213. The highest BCUT2D eigenvalue weighted by Crippen LogP contribution is 2.38. The van der Waals surface area contributed by atoms with Crippen molar-refractivity contribution in [2.75, 3.05) is 23.1 Å². The van der Waals surface area contributed by atoms with Gasteiger partial charge in [-0.05, 0) is 48.5 Å². The van der Waals surface area contributed by atoms with Crippen molar-refractivity contribution in [3.8, 4) is 0 Å². The molecular weight excluding hydrogens is 623 g/mol. The zero-order valence-corrected chi connectivity index (χ0v) is 26.0. The molecule has 220 valence electrons. The Hall–Kier alpha value is -3.65. The highest BCUT2D eigenvalue weighted by Gasteiger charge is 2.31. The summed E-state index contributed by atoms with van der Waals surface area (Å²) in [6.07, 6.45) is 4.73. The van der Waals surface area contributed by atoms with Crippen molar-refractivity contribution in [3.63, 3.8) is 0 Å². The summed E-state index contributed by atoms with van der Waals surface area (Å²) in [6, 6.07) is 12.1. The molecule has 15 heteroatoms. The molecule has 4 rings (SSSR count). The fourth-order valence-electron chi connectivity index (χ4n) is 4.22. The van der Waals surface area contributed by atoms with Crippen LogP contribution in [0.15, 0.2) is 71.0 Å². The van der Waals surface area contributed by atoms with Crippen molar-refractivity contribution in [1.82, 2.24) is 19.9 Å². The maximum Gasteiger partial charge on any atom is 0.175 e. The number of halogens is 2. The van der Waals surface area contributed by atoms with Crippen LogP contribution in [0.1, 0.15) is 36.8 Å². The van der Waals surface area contributed by atoms with Crippen LogP contribution in [0.5, 0.6) is 0 Å². The Bertz CT molecular complexity index is 1720. The molecule has 0 aliphatic heterocycles. The summed E-state index contributed by atoms with van der Waals surface area (Å²) in [5.74, 6) is -1.37. The average molecular weight is 650 g/mol. The standard InChI is InChI=1S/C27H26Cl2N6O5S2/c1-15(21-24(28)30-13-32-26(21)34-17-5-9-19(10-6-17)41(3,37)38)23(36)16(2)22-25(29)31-14-33-27(22)35-18-7-11-20(12-8-18)42(4,39)40/h5-16H,1-4H3,(H,30,32,34)(H,31,33,35). The van der Waals surface area contributed by atoms with Crippen molar-refractivity contribution in [2.24, 2.45) is 0 Å². The number of nitrogens with one attached hydrogen (secondary N) is 2. The van der Waals surface area contributed by atoms with Gasteiger partial charge in [-0.2, -0.15) is 0 Å². The van der Waals surface area contributed by atoms with Crippen LogP contribution in [0.4, 0.5) is 23.0 Å². The molecule has 0 aliphatic carbocycles. The van der Waals surface area contributed by atoms with E-state index in [4.69, 9.17) is 23.2 Å². The summed E-state index contributed by atoms with van der Waals surface area (Å²) < 4.78 is 47.2. The van der Waals surface area contributed by atoms with Gasteiger partial charge in [0.05, 0.1) is 9.79 Å². The van der Waals surface area contributed by atoms with Crippen LogP contribution < -0.4 is 10.6 Å². The van der Waals surface area contributed by atoms with Gasteiger partial charge in [-0.1, -0.05) is 37.0 Å². The predicted molar refractivity (Wildman–Crippen MR) is 162 cm³/mol. The molecule has 2 unspecified atom stereocenters. The van der Waals surface area contributed by atoms with Crippen molar-refractivity contribution in [2.45, 2.75) is 35.5 Å². The molecule has 2 atom stereocenters. The predicted octanol–water partition coefficient (Wildman–Crippen LogP) is 5.34. The summed E-state index contributed by atoms with van der Waals surface area (Å²) >= 11 is 12.9. The number of benzene rings is 2. The summed E-state index contributed by atoms with van der Waals surface area (Å²) in [5.41, 5.74) is 1.72. The van der Waals surface area contributed by atoms with E-state index in [9.17, 15) is 21.6 Å². The zero-order valence-electron chi connectivity index (χ0n) is 22.8. The van der Waals surface area contributed by atoms with Crippen LogP contribution in [0, 0.1) is 0 Å². The molecule has 0 spiro atoms. The van der Waals surface area contributed by atoms with Gasteiger partial charge >= 0.3 is 0 Å². The van der Waals surface area contributed by atoms with Gasteiger partial charge in [0.1, 0.15) is 40.4 Å². The Balaban J connectivity index is 1.63. The number of Topliss-reactive ketones (excluding diaryl/α,β-unsaturated/α-hetero) is 1. The minimum absolute atomic E-state index is 0.0630. The molecule has 2 N–H and O–H groups in total. The molecule has 2 heterocycles. The fraction of sp³-hybridized carbons (Fsp3) is 0.222. The first-order chi connectivity index (χ1) is 19.7. The van der Waals surface area contributed by atoms with Gasteiger partial charge in [0.25, 0.3) is 0 Å². The number of carbonyl (C=O) groups is 1. The third-order valence-electron chi connectivity index (χ3n) is 6.48. The number of rotatable bonds is 10. The second-order valence-corrected chi connectivity index (χ2v) is 14.3. The molecule has 42 heavy (non-hydrogen) atoms. The lowest BCUT2D eigenvalue weighted by Gasteiger charge is -2.22. The average Bonchev–Trinajstić information content (AvgIpc) is 2.92. The first-order valence-electron chi connectivity index (χ1n) is 12.4. The molecule has 0 bridgehead atoms. The van der Waals surface area contributed by atoms with Gasteiger partial charge in [0, 0.05) is 46.8 Å². The first kappa shape index (κ1) is 31.3. The smallest absolute Gasteiger partial charge is 0.175 e. The maximum absolute atomic E-state index is 13.9. The summed E-state index contributed by atoms with van der Waals surface area (Å²) in [4.78, 5) is 30.8. The van der Waals surface area contributed by atoms with E-state index < -0.39 is 31.5 Å². The van der Waals surface area contributed by atoms with Crippen molar-refractivity contribution >= 4 is 71.7 Å². The number of aromatic nitrogens is 4. The van der Waals surface area contributed by atoms with Gasteiger partial charge in [-0.25, -0.2) is 36.8 Å². The summed E-state index contributed by atoms with van der Waals surface area (Å²) in [5, 5.41) is 6.30. The third kappa shape index (κ3) is 7.04. The molecule has 0 radical (unpaired) electrons. The van der Waals surface area contributed by atoms with E-state index in [1.165, 1.54) is 36.9 Å². The van der Waals surface area contributed by atoms with E-state index in [0.717, 1.165) is 12.5 Å². The van der Waals surface area contributed by atoms with E-state index in [-0.39, 0.29) is 37.5 Å². The van der Waals surface area contributed by atoms with Crippen LogP contribution in [-0.4, -0.2) is 55.1 Å². The number of sulfone groups is 2. The molecule has 0 saturated heterocycles. The monoisotopic (exact) mass is 648 g/mol. The SMILES string of the molecule is CC(C(=O)C(C)c1c(Cl)ncnc1Nc1ccc(S(C)(=O)=O)cc1)c1c(Cl)ncnc1Nc1ccc(S(C)(=O)=O)cc1. The molecular formula is C27H26Cl2N6O5S2. The van der Waals surface area contributed by atoms with Crippen molar-refractivity contribution < 1.29 is 21.6 Å². The molecule has 2 aromatic carbocycles. The molecule has 0 amide bonds. The second-order valence-electron chi connectivity index (χ2n) is 9.54. The molecule has 0 fully saturated rings. The van der Waals surface area contributed by atoms with Crippen LogP contribution in [0.3, 0.4) is 0 Å². The number of nitrogens with zero attached hydrogens (tertiary/aromatic N) is 4. The number of ketones is 1. The number of hydrogen-bond donors (Lipinski definition) is 2. The van der Waals surface area contributed by atoms with Gasteiger partial charge < -0.3 is 10.6 Å². The Morgan fingerprint density at radius 3 is 1.29 bits per heavy atom. The molecule has 4 aromatic rings. The van der Waals surface area contributed by atoms with E-state index in [0.29, 0.717) is 22.5 Å². The van der Waals surface area contributed by atoms with Crippen molar-refractivity contribution in [3.05, 3.63) is 82.6 Å². The Kier molecular flexibility index (Phi) is 9.16. The van der Waals surface area contributed by atoms with E-state index in [1.807, 2.05) is 0 Å². The van der Waals surface area contributed by atoms with Gasteiger partial charge in [-0.15, -0.1) is 0 Å². The lowest BCUT2D eigenvalue weighted by molar-refractivity contribution is -0.121. The largest absolute Gasteiger partial charge is 0.340 e. The van der Waals surface area contributed by atoms with Gasteiger partial charge in [0.15, 0.2) is 19.7 Å². The normalized spacial score (nSPS) is 13.3. The lowest BCUT2D eigenvalue weighted by atomic mass is 9.86. The number of anilines is 4. The van der Waals surface area contributed by atoms with Gasteiger partial charge in [-0.3, -0.25) is 4.79 Å². The van der Waals surface area contributed by atoms with E-state index >= 15 is 0 Å². The Morgan fingerprint density at radius 1 is 0.643 bits per heavy atom. The van der Waals surface area contributed by atoms with E-state index in [2.05, 4.69) is 30.6 Å².